The van der Waals surface area contributed by atoms with Crippen LogP contribution in [0.5, 0.6) is 0 Å². The van der Waals surface area contributed by atoms with E-state index in [0.717, 1.165) is 41.5 Å². The first-order chi connectivity index (χ1) is 16.7. The molecular weight excluding hydrogens is 426 g/mol. The van der Waals surface area contributed by atoms with Gasteiger partial charge < -0.3 is 0 Å². The number of tetrazole rings is 1. The van der Waals surface area contributed by atoms with Crippen LogP contribution in [0.4, 0.5) is 0 Å². The standard InChI is InChI=1S/C26H31N7O/c1-3-5-7-10-18-33-26(34)32(24(29-33)13-6-4-2)19-20-14-16-21(17-15-20)22-11-8-9-12-23(22)25-27-30-31-28-25/h6,8-9,11-17H,3-5,7,10,18-19H2,1-2H3,(H,27,28,30,31). The van der Waals surface area contributed by atoms with Crippen LogP contribution in [0.25, 0.3) is 28.6 Å². The van der Waals surface area contributed by atoms with Gasteiger partial charge >= 0.3 is 5.69 Å². The second-order valence-corrected chi connectivity index (χ2v) is 8.31. The highest BCUT2D eigenvalue weighted by Crippen LogP contribution is 2.29. The fourth-order valence-corrected chi connectivity index (χ4v) is 3.97. The van der Waals surface area contributed by atoms with Gasteiger partial charge in [-0.15, -0.1) is 5.10 Å². The van der Waals surface area contributed by atoms with Crippen LogP contribution in [0.15, 0.2) is 59.4 Å². The summed E-state index contributed by atoms with van der Waals surface area (Å²) in [7, 11) is 0. The molecule has 2 aromatic heterocycles. The van der Waals surface area contributed by atoms with Crippen molar-refractivity contribution in [1.29, 1.82) is 0 Å². The summed E-state index contributed by atoms with van der Waals surface area (Å²) in [6, 6.07) is 16.3. The smallest absolute Gasteiger partial charge is 0.271 e. The van der Waals surface area contributed by atoms with Gasteiger partial charge in [0.25, 0.3) is 0 Å². The number of aryl methyl sites for hydroxylation is 1. The van der Waals surface area contributed by atoms with Crippen molar-refractivity contribution >= 4 is 6.08 Å². The van der Waals surface area contributed by atoms with E-state index in [1.54, 1.807) is 9.25 Å². The number of aromatic amines is 1. The van der Waals surface area contributed by atoms with Crippen LogP contribution < -0.4 is 5.69 Å². The minimum atomic E-state index is -0.0560. The van der Waals surface area contributed by atoms with Crippen molar-refractivity contribution in [3.63, 3.8) is 0 Å². The molecule has 1 N–H and O–H groups in total. The lowest BCUT2D eigenvalue weighted by atomic mass is 9.98. The largest absolute Gasteiger partial charge is 0.346 e. The number of nitrogens with zero attached hydrogens (tertiary/aromatic N) is 6. The van der Waals surface area contributed by atoms with Crippen LogP contribution in [-0.2, 0) is 13.1 Å². The summed E-state index contributed by atoms with van der Waals surface area (Å²) in [6.45, 7) is 5.39. The molecule has 4 aromatic rings. The van der Waals surface area contributed by atoms with Crippen LogP contribution in [-0.4, -0.2) is 35.0 Å². The monoisotopic (exact) mass is 457 g/mol. The van der Waals surface area contributed by atoms with E-state index in [0.29, 0.717) is 24.7 Å². The molecule has 8 heteroatoms. The molecule has 0 amide bonds. The molecule has 0 unspecified atom stereocenters. The number of H-pyrrole nitrogens is 1. The highest BCUT2D eigenvalue weighted by atomic mass is 16.2. The molecule has 2 aromatic carbocycles. The Labute approximate surface area is 199 Å². The molecule has 0 radical (unpaired) electrons. The van der Waals surface area contributed by atoms with Crippen LogP contribution in [0.2, 0.25) is 0 Å². The van der Waals surface area contributed by atoms with E-state index in [4.69, 9.17) is 0 Å². The molecule has 0 saturated heterocycles. The quantitative estimate of drug-likeness (QED) is 0.322. The van der Waals surface area contributed by atoms with Crippen molar-refractivity contribution in [3.8, 4) is 22.5 Å². The number of benzene rings is 2. The minimum absolute atomic E-state index is 0.0560. The number of aromatic nitrogens is 7. The SMILES string of the molecule is CCC=Cc1nn(CCCCCC)c(=O)n1Cc1ccc(-c2ccccc2-c2nnn[nH]2)cc1. The van der Waals surface area contributed by atoms with Gasteiger partial charge in [-0.3, -0.25) is 4.57 Å². The maximum atomic E-state index is 13.1. The molecule has 4 rings (SSSR count). The van der Waals surface area contributed by atoms with Crippen LogP contribution in [0.3, 0.4) is 0 Å². The van der Waals surface area contributed by atoms with E-state index < -0.39 is 0 Å². The molecule has 0 spiro atoms. The fraction of sp³-hybridized carbons (Fsp3) is 0.346. The predicted molar refractivity (Wildman–Crippen MR) is 134 cm³/mol. The topological polar surface area (TPSA) is 94.3 Å². The normalized spacial score (nSPS) is 11.5. The highest BCUT2D eigenvalue weighted by molar-refractivity contribution is 5.80. The molecule has 0 atom stereocenters. The molecule has 0 saturated carbocycles. The Bertz CT molecular complexity index is 1270. The maximum Gasteiger partial charge on any atom is 0.346 e. The van der Waals surface area contributed by atoms with E-state index in [1.165, 1.54) is 12.8 Å². The Morgan fingerprint density at radius 1 is 0.971 bits per heavy atom. The Kier molecular flexibility index (Phi) is 7.80. The first kappa shape index (κ1) is 23.4. The van der Waals surface area contributed by atoms with E-state index in [1.807, 2.05) is 36.4 Å². The minimum Gasteiger partial charge on any atom is -0.271 e. The highest BCUT2D eigenvalue weighted by Gasteiger charge is 2.13. The van der Waals surface area contributed by atoms with Crippen LogP contribution in [0.1, 0.15) is 57.3 Å². The van der Waals surface area contributed by atoms with Gasteiger partial charge in [0.2, 0.25) is 0 Å². The van der Waals surface area contributed by atoms with E-state index in [2.05, 4.69) is 63.8 Å². The third-order valence-corrected chi connectivity index (χ3v) is 5.81. The van der Waals surface area contributed by atoms with Gasteiger partial charge in [0.15, 0.2) is 11.6 Å². The third-order valence-electron chi connectivity index (χ3n) is 5.81. The lowest BCUT2D eigenvalue weighted by Crippen LogP contribution is -2.25. The lowest BCUT2D eigenvalue weighted by molar-refractivity contribution is 0.521. The van der Waals surface area contributed by atoms with Gasteiger partial charge in [-0.2, -0.15) is 5.10 Å². The van der Waals surface area contributed by atoms with Gasteiger partial charge in [0, 0.05) is 12.1 Å². The Balaban J connectivity index is 1.57. The Morgan fingerprint density at radius 2 is 1.76 bits per heavy atom. The zero-order valence-electron chi connectivity index (χ0n) is 19.8. The van der Waals surface area contributed by atoms with Gasteiger partial charge in [0.05, 0.1) is 6.54 Å². The van der Waals surface area contributed by atoms with Gasteiger partial charge in [-0.1, -0.05) is 87.7 Å². The van der Waals surface area contributed by atoms with Crippen molar-refractivity contribution in [2.45, 2.75) is 59.0 Å². The van der Waals surface area contributed by atoms with Crippen molar-refractivity contribution in [3.05, 3.63) is 76.5 Å². The molecule has 2 heterocycles. The van der Waals surface area contributed by atoms with Crippen molar-refractivity contribution < 1.29 is 0 Å². The summed E-state index contributed by atoms with van der Waals surface area (Å²) in [5, 5.41) is 18.9. The number of hydrogen-bond acceptors (Lipinski definition) is 5. The molecule has 0 bridgehead atoms. The average Bonchev–Trinajstić information content (AvgIpc) is 3.50. The summed E-state index contributed by atoms with van der Waals surface area (Å²) < 4.78 is 3.37. The van der Waals surface area contributed by atoms with E-state index >= 15 is 0 Å². The van der Waals surface area contributed by atoms with Gasteiger partial charge in [0.1, 0.15) is 0 Å². The Hall–Kier alpha value is -3.81. The van der Waals surface area contributed by atoms with Crippen LogP contribution >= 0.6 is 0 Å². The first-order valence-corrected chi connectivity index (χ1v) is 12.0. The zero-order valence-corrected chi connectivity index (χ0v) is 19.8. The van der Waals surface area contributed by atoms with Gasteiger partial charge in [-0.05, 0) is 46.0 Å². The molecule has 0 aliphatic heterocycles. The number of unbranched alkanes of at least 4 members (excludes halogenated alkanes) is 3. The van der Waals surface area contributed by atoms with Crippen molar-refractivity contribution in [1.82, 2.24) is 35.0 Å². The Morgan fingerprint density at radius 3 is 2.47 bits per heavy atom. The first-order valence-electron chi connectivity index (χ1n) is 12.0. The molecule has 0 aliphatic carbocycles. The lowest BCUT2D eigenvalue weighted by Gasteiger charge is -2.09. The predicted octanol–water partition coefficient (Wildman–Crippen LogP) is 4.94. The molecule has 8 nitrogen and oxygen atoms in total. The van der Waals surface area contributed by atoms with Gasteiger partial charge in [-0.25, -0.2) is 14.6 Å². The maximum absolute atomic E-state index is 13.1. The number of nitrogens with one attached hydrogen (secondary N) is 1. The fourth-order valence-electron chi connectivity index (χ4n) is 3.97. The number of rotatable bonds is 11. The number of allylic oxidation sites excluding steroid dienone is 1. The van der Waals surface area contributed by atoms with Crippen molar-refractivity contribution in [2.24, 2.45) is 0 Å². The van der Waals surface area contributed by atoms with E-state index in [-0.39, 0.29) is 5.69 Å². The second kappa shape index (κ2) is 11.4. The summed E-state index contributed by atoms with van der Waals surface area (Å²) in [4.78, 5) is 13.1. The van der Waals surface area contributed by atoms with Crippen molar-refractivity contribution in [2.75, 3.05) is 0 Å². The second-order valence-electron chi connectivity index (χ2n) is 8.31. The summed E-state index contributed by atoms with van der Waals surface area (Å²) in [5.41, 5.74) is 4.02. The third kappa shape index (κ3) is 5.39. The summed E-state index contributed by atoms with van der Waals surface area (Å²) in [5.74, 6) is 1.33. The molecule has 34 heavy (non-hydrogen) atoms. The summed E-state index contributed by atoms with van der Waals surface area (Å²) >= 11 is 0. The number of hydrogen-bond donors (Lipinski definition) is 1. The summed E-state index contributed by atoms with van der Waals surface area (Å²) in [6.07, 6.45) is 9.31. The molecule has 0 aliphatic rings. The molecule has 176 valence electrons. The molecular formula is C26H31N7O. The zero-order chi connectivity index (χ0) is 23.8. The molecule has 0 fully saturated rings. The van der Waals surface area contributed by atoms with E-state index in [9.17, 15) is 4.79 Å². The van der Waals surface area contributed by atoms with Crippen LogP contribution in [0, 0.1) is 0 Å². The average molecular weight is 458 g/mol.